The van der Waals surface area contributed by atoms with Crippen molar-refractivity contribution < 1.29 is 14.3 Å². The largest absolute Gasteiger partial charge is 0.486 e. The molecule has 2 N–H and O–H groups in total. The van der Waals surface area contributed by atoms with Crippen LogP contribution in [0, 0.1) is 0 Å². The number of carbonyl (C=O) groups is 1. The lowest BCUT2D eigenvalue weighted by atomic mass is 10.2. The summed E-state index contributed by atoms with van der Waals surface area (Å²) in [5.74, 6) is 1.22. The van der Waals surface area contributed by atoms with Crippen molar-refractivity contribution in [3.05, 3.63) is 59.6 Å². The number of carbonyl (C=O) groups excluding carboxylic acids is 1. The van der Waals surface area contributed by atoms with E-state index in [4.69, 9.17) is 9.47 Å². The smallest absolute Gasteiger partial charge is 0.230 e. The summed E-state index contributed by atoms with van der Waals surface area (Å²) in [4.78, 5) is 16.7. The molecule has 6 nitrogen and oxygen atoms in total. The van der Waals surface area contributed by atoms with Crippen LogP contribution in [0.2, 0.25) is 0 Å². The highest BCUT2D eigenvalue weighted by atomic mass is 32.1. The molecule has 26 heavy (non-hydrogen) atoms. The van der Waals surface area contributed by atoms with Crippen LogP contribution in [0.5, 0.6) is 11.5 Å². The van der Waals surface area contributed by atoms with Gasteiger partial charge in [-0.15, -0.1) is 11.3 Å². The third kappa shape index (κ3) is 3.94. The molecule has 0 radical (unpaired) electrons. The van der Waals surface area contributed by atoms with E-state index in [1.54, 1.807) is 18.2 Å². The van der Waals surface area contributed by atoms with Crippen LogP contribution in [0.15, 0.2) is 53.9 Å². The van der Waals surface area contributed by atoms with E-state index < -0.39 is 0 Å². The molecule has 2 heterocycles. The van der Waals surface area contributed by atoms with Crippen molar-refractivity contribution >= 4 is 33.8 Å². The second-order valence-corrected chi connectivity index (χ2v) is 6.58. The Kier molecular flexibility index (Phi) is 4.70. The molecule has 4 rings (SSSR count). The van der Waals surface area contributed by atoms with E-state index in [-0.39, 0.29) is 12.3 Å². The number of para-hydroxylation sites is 1. The number of ether oxygens (including phenoxy) is 2. The van der Waals surface area contributed by atoms with E-state index in [9.17, 15) is 4.79 Å². The minimum Gasteiger partial charge on any atom is -0.486 e. The van der Waals surface area contributed by atoms with E-state index in [1.807, 2.05) is 35.7 Å². The lowest BCUT2D eigenvalue weighted by molar-refractivity contribution is -0.115. The first-order valence-electron chi connectivity index (χ1n) is 8.22. The Morgan fingerprint density at radius 3 is 2.69 bits per heavy atom. The SMILES string of the molecule is O=C(Cc1csc(Nc2ccccc2)n1)Nc1ccc2c(c1)OCCO2. The highest BCUT2D eigenvalue weighted by Crippen LogP contribution is 2.32. The Morgan fingerprint density at radius 2 is 1.85 bits per heavy atom. The Labute approximate surface area is 154 Å². The van der Waals surface area contributed by atoms with Crippen LogP contribution in [0.3, 0.4) is 0 Å². The number of aromatic nitrogens is 1. The zero-order chi connectivity index (χ0) is 17.8. The quantitative estimate of drug-likeness (QED) is 0.717. The number of nitrogens with zero attached hydrogens (tertiary/aromatic N) is 1. The average Bonchev–Trinajstić information content (AvgIpc) is 3.09. The van der Waals surface area contributed by atoms with Gasteiger partial charge in [0.15, 0.2) is 16.6 Å². The normalized spacial score (nSPS) is 12.5. The number of anilines is 3. The van der Waals surface area contributed by atoms with Crippen molar-refractivity contribution in [2.45, 2.75) is 6.42 Å². The van der Waals surface area contributed by atoms with Gasteiger partial charge in [-0.2, -0.15) is 0 Å². The van der Waals surface area contributed by atoms with Crippen LogP contribution in [-0.2, 0) is 11.2 Å². The second-order valence-electron chi connectivity index (χ2n) is 5.72. The zero-order valence-corrected chi connectivity index (χ0v) is 14.7. The van der Waals surface area contributed by atoms with Crippen LogP contribution in [0.1, 0.15) is 5.69 Å². The minimum atomic E-state index is -0.127. The molecular formula is C19H17N3O3S. The number of benzene rings is 2. The first-order chi connectivity index (χ1) is 12.8. The Morgan fingerprint density at radius 1 is 1.04 bits per heavy atom. The van der Waals surface area contributed by atoms with Gasteiger partial charge in [0.05, 0.1) is 12.1 Å². The molecule has 7 heteroatoms. The topological polar surface area (TPSA) is 72.5 Å². The van der Waals surface area contributed by atoms with E-state index in [1.165, 1.54) is 11.3 Å². The maximum Gasteiger partial charge on any atom is 0.230 e. The monoisotopic (exact) mass is 367 g/mol. The molecule has 3 aromatic rings. The van der Waals surface area contributed by atoms with Gasteiger partial charge in [-0.05, 0) is 24.3 Å². The van der Waals surface area contributed by atoms with Crippen LogP contribution in [0.25, 0.3) is 0 Å². The summed E-state index contributed by atoms with van der Waals surface area (Å²) in [6.07, 6.45) is 0.210. The highest BCUT2D eigenvalue weighted by Gasteiger charge is 2.13. The molecular weight excluding hydrogens is 350 g/mol. The molecule has 0 atom stereocenters. The van der Waals surface area contributed by atoms with Gasteiger partial charge < -0.3 is 20.1 Å². The summed E-state index contributed by atoms with van der Waals surface area (Å²) >= 11 is 1.47. The molecule has 0 aliphatic carbocycles. The molecule has 0 saturated carbocycles. The summed E-state index contributed by atoms with van der Waals surface area (Å²) in [5.41, 5.74) is 2.37. The van der Waals surface area contributed by atoms with Gasteiger partial charge in [0.2, 0.25) is 5.91 Å². The summed E-state index contributed by atoms with van der Waals surface area (Å²) in [6.45, 7) is 1.06. The summed E-state index contributed by atoms with van der Waals surface area (Å²) in [5, 5.41) is 8.74. The molecule has 0 fully saturated rings. The van der Waals surface area contributed by atoms with Crippen LogP contribution in [0.4, 0.5) is 16.5 Å². The van der Waals surface area contributed by atoms with Gasteiger partial charge in [0.1, 0.15) is 13.2 Å². The van der Waals surface area contributed by atoms with Gasteiger partial charge in [0.25, 0.3) is 0 Å². The molecule has 0 saturated heterocycles. The highest BCUT2D eigenvalue weighted by molar-refractivity contribution is 7.13. The van der Waals surface area contributed by atoms with Gasteiger partial charge in [-0.25, -0.2) is 4.98 Å². The summed E-state index contributed by atoms with van der Waals surface area (Å²) in [7, 11) is 0. The van der Waals surface area contributed by atoms with Crippen LogP contribution < -0.4 is 20.1 Å². The fourth-order valence-electron chi connectivity index (χ4n) is 2.58. The van der Waals surface area contributed by atoms with E-state index >= 15 is 0 Å². The predicted molar refractivity (Wildman–Crippen MR) is 102 cm³/mol. The van der Waals surface area contributed by atoms with Crippen LogP contribution >= 0.6 is 11.3 Å². The van der Waals surface area contributed by atoms with E-state index in [0.29, 0.717) is 30.4 Å². The number of rotatable bonds is 5. The van der Waals surface area contributed by atoms with Crippen molar-refractivity contribution in [2.24, 2.45) is 0 Å². The number of fused-ring (bicyclic) bond motifs is 1. The molecule has 2 aromatic carbocycles. The van der Waals surface area contributed by atoms with Gasteiger partial charge in [-0.1, -0.05) is 18.2 Å². The maximum absolute atomic E-state index is 12.3. The molecule has 1 aromatic heterocycles. The van der Waals surface area contributed by atoms with Gasteiger partial charge in [-0.3, -0.25) is 4.79 Å². The lowest BCUT2D eigenvalue weighted by Gasteiger charge is -2.18. The molecule has 1 aliphatic rings. The van der Waals surface area contributed by atoms with Crippen molar-refractivity contribution in [2.75, 3.05) is 23.8 Å². The Bertz CT molecular complexity index is 911. The first-order valence-corrected chi connectivity index (χ1v) is 9.10. The molecule has 0 spiro atoms. The fraction of sp³-hybridized carbons (Fsp3) is 0.158. The summed E-state index contributed by atoms with van der Waals surface area (Å²) < 4.78 is 11.0. The average molecular weight is 367 g/mol. The van der Waals surface area contributed by atoms with Crippen molar-refractivity contribution in [3.63, 3.8) is 0 Å². The predicted octanol–water partition coefficient (Wildman–Crippen LogP) is 3.84. The maximum atomic E-state index is 12.3. The number of amides is 1. The number of thiazole rings is 1. The number of hydrogen-bond acceptors (Lipinski definition) is 6. The van der Waals surface area contributed by atoms with Crippen molar-refractivity contribution in [3.8, 4) is 11.5 Å². The van der Waals surface area contributed by atoms with Gasteiger partial charge in [0, 0.05) is 22.8 Å². The van der Waals surface area contributed by atoms with Crippen molar-refractivity contribution in [1.82, 2.24) is 4.98 Å². The number of nitrogens with one attached hydrogen (secondary N) is 2. The third-order valence-corrected chi connectivity index (χ3v) is 4.55. The lowest BCUT2D eigenvalue weighted by Crippen LogP contribution is -2.17. The van der Waals surface area contributed by atoms with Crippen molar-refractivity contribution in [1.29, 1.82) is 0 Å². The number of hydrogen-bond donors (Lipinski definition) is 2. The Hall–Kier alpha value is -3.06. The third-order valence-electron chi connectivity index (χ3n) is 3.74. The Balaban J connectivity index is 1.36. The molecule has 0 unspecified atom stereocenters. The molecule has 0 bridgehead atoms. The van der Waals surface area contributed by atoms with Gasteiger partial charge >= 0.3 is 0 Å². The molecule has 1 aliphatic heterocycles. The molecule has 132 valence electrons. The van der Waals surface area contributed by atoms with E-state index in [0.717, 1.165) is 16.5 Å². The zero-order valence-electron chi connectivity index (χ0n) is 13.9. The molecule has 1 amide bonds. The standard InChI is InChI=1S/C19H17N3O3S/c23-18(20-14-6-7-16-17(10-14)25-9-8-24-16)11-15-12-26-19(22-15)21-13-4-2-1-3-5-13/h1-7,10,12H,8-9,11H2,(H,20,23)(H,21,22). The summed E-state index contributed by atoms with van der Waals surface area (Å²) in [6, 6.07) is 15.2. The first kappa shape index (κ1) is 16.4. The minimum absolute atomic E-state index is 0.127. The second kappa shape index (κ2) is 7.45. The van der Waals surface area contributed by atoms with Crippen LogP contribution in [-0.4, -0.2) is 24.1 Å². The van der Waals surface area contributed by atoms with E-state index in [2.05, 4.69) is 15.6 Å². The fourth-order valence-corrected chi connectivity index (χ4v) is 3.31.